The van der Waals surface area contributed by atoms with Crippen LogP contribution in [0.3, 0.4) is 0 Å². The summed E-state index contributed by atoms with van der Waals surface area (Å²) in [6, 6.07) is 4.01. The molecule has 2 N–H and O–H groups in total. The van der Waals surface area contributed by atoms with Crippen LogP contribution in [0.2, 0.25) is 0 Å². The number of aromatic nitrogens is 2. The van der Waals surface area contributed by atoms with Crippen molar-refractivity contribution in [2.45, 2.75) is 0 Å². The van der Waals surface area contributed by atoms with Gasteiger partial charge in [-0.05, 0) is 12.1 Å². The van der Waals surface area contributed by atoms with Gasteiger partial charge in [0.25, 0.3) is 0 Å². The molecule has 18 heavy (non-hydrogen) atoms. The lowest BCUT2D eigenvalue weighted by Crippen LogP contribution is -2.11. The number of benzene rings is 1. The third-order valence-corrected chi connectivity index (χ3v) is 2.37. The van der Waals surface area contributed by atoms with Gasteiger partial charge in [0.1, 0.15) is 5.82 Å². The van der Waals surface area contributed by atoms with Gasteiger partial charge < -0.3 is 10.5 Å². The molecule has 2 aromatic rings. The lowest BCUT2D eigenvalue weighted by Gasteiger charge is -2.07. The summed E-state index contributed by atoms with van der Waals surface area (Å²) in [6.45, 7) is 0. The Hall–Kier alpha value is -2.50. The van der Waals surface area contributed by atoms with Crippen molar-refractivity contribution in [1.82, 2.24) is 9.97 Å². The Bertz CT molecular complexity index is 602. The Morgan fingerprint density at radius 1 is 1.33 bits per heavy atom. The summed E-state index contributed by atoms with van der Waals surface area (Å²) in [7, 11) is 1.37. The van der Waals surface area contributed by atoms with Crippen LogP contribution in [0, 0.1) is 5.82 Å². The highest BCUT2D eigenvalue weighted by Crippen LogP contribution is 2.22. The zero-order valence-corrected chi connectivity index (χ0v) is 9.55. The Labute approximate surface area is 102 Å². The van der Waals surface area contributed by atoms with Gasteiger partial charge in [0.05, 0.1) is 18.4 Å². The number of carbonyl (C=O) groups is 1. The van der Waals surface area contributed by atoms with Crippen LogP contribution in [0.15, 0.2) is 30.6 Å². The lowest BCUT2D eigenvalue weighted by molar-refractivity contribution is 0.103. The van der Waals surface area contributed by atoms with Gasteiger partial charge >= 0.3 is 0 Å². The van der Waals surface area contributed by atoms with Gasteiger partial charge in [-0.25, -0.2) is 14.4 Å². The first kappa shape index (κ1) is 12.0. The van der Waals surface area contributed by atoms with Crippen molar-refractivity contribution in [3.05, 3.63) is 47.7 Å². The van der Waals surface area contributed by atoms with Gasteiger partial charge in [0.2, 0.25) is 11.7 Å². The van der Waals surface area contributed by atoms with E-state index in [2.05, 4.69) is 9.97 Å². The van der Waals surface area contributed by atoms with Gasteiger partial charge in [0, 0.05) is 12.4 Å². The number of ether oxygens (including phenoxy) is 1. The molecule has 2 rings (SSSR count). The number of hydrogen-bond acceptors (Lipinski definition) is 5. The molecular formula is C12H10FN3O2. The minimum atomic E-state index is -0.649. The van der Waals surface area contributed by atoms with Crippen LogP contribution in [0.25, 0.3) is 0 Å². The Kier molecular flexibility index (Phi) is 3.18. The SMILES string of the molecule is COc1nccnc1C(=O)c1cccc(F)c1N. The average Bonchev–Trinajstić information content (AvgIpc) is 2.41. The number of ketones is 1. The zero-order chi connectivity index (χ0) is 13.1. The maximum absolute atomic E-state index is 13.3. The van der Waals surface area contributed by atoms with Gasteiger partial charge in [0.15, 0.2) is 5.69 Å². The predicted octanol–water partition coefficient (Wildman–Crippen LogP) is 1.44. The van der Waals surface area contributed by atoms with E-state index < -0.39 is 11.6 Å². The van der Waals surface area contributed by atoms with E-state index in [4.69, 9.17) is 10.5 Å². The van der Waals surface area contributed by atoms with Crippen molar-refractivity contribution in [3.63, 3.8) is 0 Å². The Morgan fingerprint density at radius 3 is 2.78 bits per heavy atom. The third kappa shape index (κ3) is 2.00. The number of methoxy groups -OCH3 is 1. The fourth-order valence-corrected chi connectivity index (χ4v) is 1.49. The minimum absolute atomic E-state index is 0.00250. The fraction of sp³-hybridized carbons (Fsp3) is 0.0833. The van der Waals surface area contributed by atoms with Crippen LogP contribution in [0.4, 0.5) is 10.1 Å². The second-order valence-corrected chi connectivity index (χ2v) is 3.44. The first-order valence-corrected chi connectivity index (χ1v) is 5.09. The van der Waals surface area contributed by atoms with Crippen LogP contribution in [0.1, 0.15) is 16.1 Å². The summed E-state index contributed by atoms with van der Waals surface area (Å²) in [5, 5.41) is 0. The molecule has 1 heterocycles. The predicted molar refractivity (Wildman–Crippen MR) is 62.8 cm³/mol. The number of para-hydroxylation sites is 1. The van der Waals surface area contributed by atoms with Crippen molar-refractivity contribution < 1.29 is 13.9 Å². The molecule has 0 unspecified atom stereocenters. The molecule has 0 spiro atoms. The van der Waals surface area contributed by atoms with E-state index in [1.54, 1.807) is 0 Å². The van der Waals surface area contributed by atoms with Gasteiger partial charge in [-0.3, -0.25) is 4.79 Å². The van der Waals surface area contributed by atoms with Crippen LogP contribution in [-0.4, -0.2) is 22.9 Å². The van der Waals surface area contributed by atoms with Crippen molar-refractivity contribution in [2.75, 3.05) is 12.8 Å². The van der Waals surface area contributed by atoms with Crippen LogP contribution in [-0.2, 0) is 0 Å². The molecule has 92 valence electrons. The molecule has 0 radical (unpaired) electrons. The normalized spacial score (nSPS) is 10.1. The van der Waals surface area contributed by atoms with Gasteiger partial charge in [-0.2, -0.15) is 0 Å². The van der Waals surface area contributed by atoms with E-state index >= 15 is 0 Å². The summed E-state index contributed by atoms with van der Waals surface area (Å²) in [5.74, 6) is -1.10. The van der Waals surface area contributed by atoms with E-state index in [0.29, 0.717) is 0 Å². The number of nitrogens with zero attached hydrogens (tertiary/aromatic N) is 2. The van der Waals surface area contributed by atoms with Crippen molar-refractivity contribution >= 4 is 11.5 Å². The van der Waals surface area contributed by atoms with Crippen LogP contribution < -0.4 is 10.5 Å². The number of hydrogen-bond donors (Lipinski definition) is 1. The molecule has 1 aromatic carbocycles. The molecule has 0 saturated carbocycles. The number of nitrogen functional groups attached to an aromatic ring is 1. The largest absolute Gasteiger partial charge is 0.479 e. The van der Waals surface area contributed by atoms with E-state index in [-0.39, 0.29) is 22.8 Å². The zero-order valence-electron chi connectivity index (χ0n) is 9.55. The Morgan fingerprint density at radius 2 is 2.06 bits per heavy atom. The molecule has 1 aromatic heterocycles. The quantitative estimate of drug-likeness (QED) is 0.655. The lowest BCUT2D eigenvalue weighted by atomic mass is 10.1. The van der Waals surface area contributed by atoms with Crippen LogP contribution in [0.5, 0.6) is 5.88 Å². The molecule has 0 amide bonds. The van der Waals surface area contributed by atoms with Crippen molar-refractivity contribution in [1.29, 1.82) is 0 Å². The summed E-state index contributed by atoms with van der Waals surface area (Å²) in [4.78, 5) is 19.9. The molecule has 0 aliphatic rings. The minimum Gasteiger partial charge on any atom is -0.479 e. The van der Waals surface area contributed by atoms with Crippen molar-refractivity contribution in [3.8, 4) is 5.88 Å². The average molecular weight is 247 g/mol. The van der Waals surface area contributed by atoms with E-state index in [1.807, 2.05) is 0 Å². The topological polar surface area (TPSA) is 78.1 Å². The number of carbonyl (C=O) groups excluding carboxylic acids is 1. The van der Waals surface area contributed by atoms with Gasteiger partial charge in [-0.1, -0.05) is 6.07 Å². The van der Waals surface area contributed by atoms with Gasteiger partial charge in [-0.15, -0.1) is 0 Å². The summed E-state index contributed by atoms with van der Waals surface area (Å²) < 4.78 is 18.2. The first-order chi connectivity index (χ1) is 8.65. The highest BCUT2D eigenvalue weighted by Gasteiger charge is 2.20. The molecule has 0 bridgehead atoms. The summed E-state index contributed by atoms with van der Waals surface area (Å²) in [6.07, 6.45) is 2.75. The van der Waals surface area contributed by atoms with Crippen molar-refractivity contribution in [2.24, 2.45) is 0 Å². The molecule has 0 aliphatic carbocycles. The Balaban J connectivity index is 2.52. The maximum Gasteiger partial charge on any atom is 0.243 e. The smallest absolute Gasteiger partial charge is 0.243 e. The molecule has 0 saturated heterocycles. The summed E-state index contributed by atoms with van der Waals surface area (Å²) >= 11 is 0. The molecular weight excluding hydrogens is 237 g/mol. The van der Waals surface area contributed by atoms with E-state index in [9.17, 15) is 9.18 Å². The molecule has 0 aliphatic heterocycles. The second-order valence-electron chi connectivity index (χ2n) is 3.44. The van der Waals surface area contributed by atoms with Crippen LogP contribution >= 0.6 is 0 Å². The van der Waals surface area contributed by atoms with E-state index in [0.717, 1.165) is 0 Å². The standard InChI is InChI=1S/C12H10FN3O2/c1-18-12-10(15-5-6-16-12)11(17)7-3-2-4-8(13)9(7)14/h2-6H,14H2,1H3. The highest BCUT2D eigenvalue weighted by molar-refractivity contribution is 6.12. The second kappa shape index (κ2) is 4.79. The molecule has 0 atom stereocenters. The number of anilines is 1. The fourth-order valence-electron chi connectivity index (χ4n) is 1.49. The maximum atomic E-state index is 13.3. The summed E-state index contributed by atoms with van der Waals surface area (Å²) in [5.41, 5.74) is 5.35. The highest BCUT2D eigenvalue weighted by atomic mass is 19.1. The number of nitrogens with two attached hydrogens (primary N) is 1. The first-order valence-electron chi connectivity index (χ1n) is 5.09. The molecule has 0 fully saturated rings. The molecule has 5 nitrogen and oxygen atoms in total. The number of halogens is 1. The third-order valence-electron chi connectivity index (χ3n) is 2.37. The molecule has 6 heteroatoms. The monoisotopic (exact) mass is 247 g/mol. The number of rotatable bonds is 3. The van der Waals surface area contributed by atoms with E-state index in [1.165, 1.54) is 37.7 Å².